The molecule has 0 spiro atoms. The number of carboxylic acid groups (broad SMARTS) is 1. The first kappa shape index (κ1) is 26.1. The monoisotopic (exact) mass is 484 g/mol. The van der Waals surface area contributed by atoms with Crippen molar-refractivity contribution < 1.29 is 38.8 Å². The Morgan fingerprint density at radius 1 is 0.971 bits per heavy atom. The maximum atomic E-state index is 13.2. The van der Waals surface area contributed by atoms with Crippen LogP contribution in [0, 0.1) is 0 Å². The van der Waals surface area contributed by atoms with Crippen LogP contribution >= 0.6 is 0 Å². The number of Topliss-reactive ketones (excluding diaryl/α,β-unsaturated/α-hetero) is 1. The number of esters is 1. The molecule has 3 rings (SSSR count). The quantitative estimate of drug-likeness (QED) is 0.219. The molecule has 2 N–H and O–H groups in total. The number of carboxylic acids is 1. The second-order valence-corrected chi connectivity index (χ2v) is 8.66. The summed E-state index contributed by atoms with van der Waals surface area (Å²) in [6.07, 6.45) is 5.84. The molecule has 2 aromatic rings. The predicted molar refractivity (Wildman–Crippen MR) is 129 cm³/mol. The van der Waals surface area contributed by atoms with Crippen LogP contribution in [0.4, 0.5) is 0 Å². The van der Waals surface area contributed by atoms with Gasteiger partial charge < -0.3 is 24.4 Å². The van der Waals surface area contributed by atoms with E-state index in [-0.39, 0.29) is 46.1 Å². The van der Waals surface area contributed by atoms with E-state index in [2.05, 4.69) is 6.92 Å². The highest BCUT2D eigenvalue weighted by Crippen LogP contribution is 2.47. The molecular weight excluding hydrogens is 452 g/mol. The largest absolute Gasteiger partial charge is 0.507 e. The summed E-state index contributed by atoms with van der Waals surface area (Å²) in [6, 6.07) is 4.21. The highest BCUT2D eigenvalue weighted by atomic mass is 16.6. The average molecular weight is 485 g/mol. The summed E-state index contributed by atoms with van der Waals surface area (Å²) in [5, 5.41) is 20.2. The zero-order chi connectivity index (χ0) is 25.5. The molecule has 35 heavy (non-hydrogen) atoms. The van der Waals surface area contributed by atoms with E-state index in [9.17, 15) is 24.6 Å². The van der Waals surface area contributed by atoms with Crippen LogP contribution in [-0.4, -0.2) is 35.0 Å². The van der Waals surface area contributed by atoms with Gasteiger partial charge in [-0.2, -0.15) is 0 Å². The zero-order valence-corrected chi connectivity index (χ0v) is 20.4. The van der Waals surface area contributed by atoms with Crippen molar-refractivity contribution in [3.05, 3.63) is 40.5 Å². The van der Waals surface area contributed by atoms with Crippen LogP contribution in [0.1, 0.15) is 90.6 Å². The number of fused-ring (bicyclic) bond motifs is 2. The number of phenols is 1. The minimum absolute atomic E-state index is 0.00698. The molecule has 1 aliphatic heterocycles. The summed E-state index contributed by atoms with van der Waals surface area (Å²) in [5.74, 6) is -2.08. The topological polar surface area (TPSA) is 119 Å². The Hall–Kier alpha value is -3.55. The van der Waals surface area contributed by atoms with Gasteiger partial charge in [0, 0.05) is 30.5 Å². The lowest BCUT2D eigenvalue weighted by Gasteiger charge is -2.17. The summed E-state index contributed by atoms with van der Waals surface area (Å²) < 4.78 is 17.1. The number of unbranched alkanes of at least 4 members (excludes halogenated alkanes) is 4. The highest BCUT2D eigenvalue weighted by Gasteiger charge is 2.32. The number of hydrogen-bond donors (Lipinski definition) is 2. The van der Waals surface area contributed by atoms with Gasteiger partial charge >= 0.3 is 11.9 Å². The summed E-state index contributed by atoms with van der Waals surface area (Å²) in [6.45, 7) is 4.08. The molecule has 0 saturated carbocycles. The van der Waals surface area contributed by atoms with Crippen molar-refractivity contribution in [2.45, 2.75) is 71.6 Å². The van der Waals surface area contributed by atoms with Gasteiger partial charge in [0.25, 0.3) is 0 Å². The van der Waals surface area contributed by atoms with Crippen LogP contribution in [0.2, 0.25) is 0 Å². The Kier molecular flexibility index (Phi) is 8.73. The van der Waals surface area contributed by atoms with Gasteiger partial charge in [0.15, 0.2) is 11.5 Å². The second kappa shape index (κ2) is 11.7. The summed E-state index contributed by atoms with van der Waals surface area (Å²) in [5.41, 5.74) is 0.464. The van der Waals surface area contributed by atoms with Crippen molar-refractivity contribution in [1.82, 2.24) is 0 Å². The van der Waals surface area contributed by atoms with Gasteiger partial charge in [-0.1, -0.05) is 39.5 Å². The molecule has 188 valence electrons. The van der Waals surface area contributed by atoms with Crippen molar-refractivity contribution >= 4 is 17.7 Å². The van der Waals surface area contributed by atoms with Crippen molar-refractivity contribution in [2.24, 2.45) is 0 Å². The number of hydrogen-bond acceptors (Lipinski definition) is 7. The fourth-order valence-electron chi connectivity index (χ4n) is 4.24. The number of ether oxygens (including phenoxy) is 3. The molecule has 1 aliphatic rings. The third kappa shape index (κ3) is 5.93. The Bertz CT molecular complexity index is 1120. The second-order valence-electron chi connectivity index (χ2n) is 8.66. The first-order valence-electron chi connectivity index (χ1n) is 12.0. The van der Waals surface area contributed by atoms with Gasteiger partial charge in [-0.25, -0.2) is 9.59 Å². The molecule has 8 heteroatoms. The number of carbonyl (C=O) groups is 3. The standard InChI is InChI=1S/C27H32O8/c1-4-6-8-10-17(28)12-16-13-18(33-3)14-21-23(16)27(32)35-22-15-20(29)24(26(30)31)19(25(22)34-21)11-9-7-5-2/h13-15,29H,4-12H2,1-3H3,(H,30,31). The number of rotatable bonds is 12. The highest BCUT2D eigenvalue weighted by molar-refractivity contribution is 6.00. The maximum absolute atomic E-state index is 13.2. The van der Waals surface area contributed by atoms with Gasteiger partial charge in [0.2, 0.25) is 0 Å². The van der Waals surface area contributed by atoms with E-state index in [0.29, 0.717) is 30.6 Å². The van der Waals surface area contributed by atoms with Crippen LogP contribution in [0.3, 0.4) is 0 Å². The SMILES string of the molecule is CCCCCC(=O)Cc1cc(OC)cc2c1C(=O)Oc1cc(O)c(C(=O)O)c(CCCCC)c1O2. The van der Waals surface area contributed by atoms with Gasteiger partial charge in [0.05, 0.1) is 7.11 Å². The molecule has 2 aromatic carbocycles. The van der Waals surface area contributed by atoms with E-state index in [1.807, 2.05) is 6.92 Å². The third-order valence-corrected chi connectivity index (χ3v) is 6.03. The van der Waals surface area contributed by atoms with Crippen molar-refractivity contribution in [3.63, 3.8) is 0 Å². The summed E-state index contributed by atoms with van der Waals surface area (Å²) >= 11 is 0. The Morgan fingerprint density at radius 2 is 1.69 bits per heavy atom. The van der Waals surface area contributed by atoms with Crippen molar-refractivity contribution in [2.75, 3.05) is 7.11 Å². The molecule has 0 saturated heterocycles. The van der Waals surface area contributed by atoms with Gasteiger partial charge in [-0.15, -0.1) is 0 Å². The Labute approximate surface area is 204 Å². The fourth-order valence-corrected chi connectivity index (χ4v) is 4.24. The number of aromatic carboxylic acids is 1. The smallest absolute Gasteiger partial charge is 0.347 e. The molecule has 1 heterocycles. The van der Waals surface area contributed by atoms with Crippen LogP contribution in [0.25, 0.3) is 0 Å². The first-order valence-corrected chi connectivity index (χ1v) is 12.0. The fraction of sp³-hybridized carbons (Fsp3) is 0.444. The minimum Gasteiger partial charge on any atom is -0.507 e. The molecule has 0 fully saturated rings. The van der Waals surface area contributed by atoms with Crippen molar-refractivity contribution in [1.29, 1.82) is 0 Å². The molecule has 0 radical (unpaired) electrons. The molecule has 0 unspecified atom stereocenters. The number of benzene rings is 2. The van der Waals surface area contributed by atoms with Crippen LogP contribution in [-0.2, 0) is 17.6 Å². The summed E-state index contributed by atoms with van der Waals surface area (Å²) in [7, 11) is 1.47. The Morgan fingerprint density at radius 3 is 2.34 bits per heavy atom. The van der Waals surface area contributed by atoms with E-state index in [4.69, 9.17) is 14.2 Å². The molecule has 0 amide bonds. The predicted octanol–water partition coefficient (Wildman–Crippen LogP) is 5.85. The zero-order valence-electron chi connectivity index (χ0n) is 20.4. The minimum atomic E-state index is -1.31. The molecule has 0 aromatic heterocycles. The number of ketones is 1. The lowest BCUT2D eigenvalue weighted by atomic mass is 9.98. The van der Waals surface area contributed by atoms with Gasteiger partial charge in [0.1, 0.15) is 34.2 Å². The first-order chi connectivity index (χ1) is 16.8. The van der Waals surface area contributed by atoms with Crippen LogP contribution < -0.4 is 14.2 Å². The number of carbonyl (C=O) groups excluding carboxylic acids is 2. The normalized spacial score (nSPS) is 12.1. The van der Waals surface area contributed by atoms with Crippen LogP contribution in [0.15, 0.2) is 18.2 Å². The Balaban J connectivity index is 2.10. The molecule has 0 bridgehead atoms. The van der Waals surface area contributed by atoms with Gasteiger partial charge in [-0.05, 0) is 30.9 Å². The molecule has 0 aliphatic carbocycles. The van der Waals surface area contributed by atoms with Crippen molar-refractivity contribution in [3.8, 4) is 28.7 Å². The van der Waals surface area contributed by atoms with E-state index < -0.39 is 17.7 Å². The molecule has 0 atom stereocenters. The van der Waals surface area contributed by atoms with Crippen LogP contribution in [0.5, 0.6) is 28.7 Å². The van der Waals surface area contributed by atoms with E-state index in [1.165, 1.54) is 13.2 Å². The number of methoxy groups -OCH3 is 1. The lowest BCUT2D eigenvalue weighted by Crippen LogP contribution is -2.13. The number of aromatic hydroxyl groups is 1. The van der Waals surface area contributed by atoms with E-state index >= 15 is 0 Å². The molecular formula is C27H32O8. The van der Waals surface area contributed by atoms with E-state index in [1.54, 1.807) is 6.07 Å². The third-order valence-electron chi connectivity index (χ3n) is 6.03. The molecule has 8 nitrogen and oxygen atoms in total. The van der Waals surface area contributed by atoms with E-state index in [0.717, 1.165) is 38.2 Å². The average Bonchev–Trinajstić information content (AvgIpc) is 2.94. The summed E-state index contributed by atoms with van der Waals surface area (Å²) in [4.78, 5) is 37.8. The maximum Gasteiger partial charge on any atom is 0.347 e. The lowest BCUT2D eigenvalue weighted by molar-refractivity contribution is -0.118. The van der Waals surface area contributed by atoms with Gasteiger partial charge in [-0.3, -0.25) is 4.79 Å².